The first-order valence-corrected chi connectivity index (χ1v) is 8.48. The fourth-order valence-corrected chi connectivity index (χ4v) is 2.43. The van der Waals surface area contributed by atoms with Gasteiger partial charge in [0.1, 0.15) is 11.5 Å². The second kappa shape index (κ2) is 6.75. The van der Waals surface area contributed by atoms with E-state index in [4.69, 9.17) is 9.47 Å². The van der Waals surface area contributed by atoms with Gasteiger partial charge in [-0.3, -0.25) is 9.78 Å². The van der Waals surface area contributed by atoms with Crippen LogP contribution >= 0.6 is 0 Å². The van der Waals surface area contributed by atoms with Crippen molar-refractivity contribution in [2.45, 2.75) is 45.1 Å². The molecule has 5 nitrogen and oxygen atoms in total. The van der Waals surface area contributed by atoms with E-state index in [0.29, 0.717) is 23.1 Å². The van der Waals surface area contributed by atoms with E-state index in [1.54, 1.807) is 31.5 Å². The van der Waals surface area contributed by atoms with E-state index in [1.165, 1.54) is 0 Å². The molecule has 132 valence electrons. The van der Waals surface area contributed by atoms with Gasteiger partial charge >= 0.3 is 0 Å². The Morgan fingerprint density at radius 2 is 1.96 bits per heavy atom. The van der Waals surface area contributed by atoms with Gasteiger partial charge in [-0.1, -0.05) is 20.8 Å². The molecule has 0 atom stereocenters. The number of hydrogen-bond donors (Lipinski definition) is 1. The molecule has 1 N–H and O–H groups in total. The summed E-state index contributed by atoms with van der Waals surface area (Å²) in [5.74, 6) is 0.991. The maximum absolute atomic E-state index is 12.6. The van der Waals surface area contributed by atoms with Crippen LogP contribution in [0.2, 0.25) is 0 Å². The molecule has 1 heterocycles. The lowest BCUT2D eigenvalue weighted by Crippen LogP contribution is -2.16. The van der Waals surface area contributed by atoms with Crippen LogP contribution in [0.4, 0.5) is 5.69 Å². The molecule has 1 aromatic heterocycles. The number of benzene rings is 1. The molecule has 5 heteroatoms. The SMILES string of the molecule is COc1cc(OC2CC2)ccc1C(=O)Nc1cncc(C(C)(C)C)c1. The third kappa shape index (κ3) is 4.29. The lowest BCUT2D eigenvalue weighted by Gasteiger charge is -2.19. The Morgan fingerprint density at radius 3 is 2.60 bits per heavy atom. The quantitative estimate of drug-likeness (QED) is 0.887. The third-order valence-corrected chi connectivity index (χ3v) is 4.11. The van der Waals surface area contributed by atoms with E-state index in [0.717, 1.165) is 24.2 Å². The van der Waals surface area contributed by atoms with E-state index in [9.17, 15) is 4.79 Å². The van der Waals surface area contributed by atoms with Crippen LogP contribution in [0.15, 0.2) is 36.7 Å². The second-order valence-electron chi connectivity index (χ2n) is 7.35. The van der Waals surface area contributed by atoms with Crippen molar-refractivity contribution in [1.29, 1.82) is 0 Å². The van der Waals surface area contributed by atoms with Crippen LogP contribution in [0.5, 0.6) is 11.5 Å². The van der Waals surface area contributed by atoms with Crippen LogP contribution in [-0.4, -0.2) is 24.1 Å². The highest BCUT2D eigenvalue weighted by Crippen LogP contribution is 2.31. The number of hydrogen-bond acceptors (Lipinski definition) is 4. The number of aromatic nitrogens is 1. The van der Waals surface area contributed by atoms with Crippen molar-refractivity contribution >= 4 is 11.6 Å². The molecule has 3 rings (SSSR count). The molecule has 1 amide bonds. The summed E-state index contributed by atoms with van der Waals surface area (Å²) in [5.41, 5.74) is 2.16. The molecule has 1 saturated carbocycles. The van der Waals surface area contributed by atoms with E-state index in [2.05, 4.69) is 31.1 Å². The molecule has 1 fully saturated rings. The first-order valence-electron chi connectivity index (χ1n) is 8.48. The van der Waals surface area contributed by atoms with E-state index >= 15 is 0 Å². The zero-order valence-corrected chi connectivity index (χ0v) is 15.1. The summed E-state index contributed by atoms with van der Waals surface area (Å²) in [6.45, 7) is 6.33. The van der Waals surface area contributed by atoms with Gasteiger partial charge in [0.05, 0.1) is 30.7 Å². The number of pyridine rings is 1. The van der Waals surface area contributed by atoms with Crippen LogP contribution in [-0.2, 0) is 5.41 Å². The Morgan fingerprint density at radius 1 is 1.20 bits per heavy atom. The van der Waals surface area contributed by atoms with Gasteiger partial charge in [-0.25, -0.2) is 0 Å². The number of amides is 1. The standard InChI is InChI=1S/C20H24N2O3/c1-20(2,3)13-9-14(12-21-11-13)22-19(23)17-8-7-16(10-18(17)24-4)25-15-5-6-15/h7-12,15H,5-6H2,1-4H3,(H,22,23). The number of carbonyl (C=O) groups excluding carboxylic acids is 1. The minimum atomic E-state index is -0.234. The normalized spacial score (nSPS) is 14.1. The zero-order chi connectivity index (χ0) is 18.0. The minimum Gasteiger partial charge on any atom is -0.496 e. The van der Waals surface area contributed by atoms with Crippen molar-refractivity contribution in [2.75, 3.05) is 12.4 Å². The van der Waals surface area contributed by atoms with Gasteiger partial charge < -0.3 is 14.8 Å². The lowest BCUT2D eigenvalue weighted by molar-refractivity contribution is 0.102. The second-order valence-corrected chi connectivity index (χ2v) is 7.35. The molecule has 0 radical (unpaired) electrons. The predicted octanol–water partition coefficient (Wildman–Crippen LogP) is 4.18. The van der Waals surface area contributed by atoms with Crippen LogP contribution in [0.1, 0.15) is 49.5 Å². The van der Waals surface area contributed by atoms with Crippen molar-refractivity contribution in [3.8, 4) is 11.5 Å². The molecule has 1 aliphatic rings. The Balaban J connectivity index is 1.78. The third-order valence-electron chi connectivity index (χ3n) is 4.11. The Labute approximate surface area is 148 Å². The topological polar surface area (TPSA) is 60.5 Å². The van der Waals surface area contributed by atoms with Crippen LogP contribution in [0.25, 0.3) is 0 Å². The minimum absolute atomic E-state index is 0.0345. The summed E-state index contributed by atoms with van der Waals surface area (Å²) >= 11 is 0. The fourth-order valence-electron chi connectivity index (χ4n) is 2.43. The highest BCUT2D eigenvalue weighted by Gasteiger charge is 2.24. The van der Waals surface area contributed by atoms with Crippen molar-refractivity contribution in [3.05, 3.63) is 47.8 Å². The summed E-state index contributed by atoms with van der Waals surface area (Å²) in [7, 11) is 1.55. The van der Waals surface area contributed by atoms with Gasteiger partial charge in [-0.2, -0.15) is 0 Å². The van der Waals surface area contributed by atoms with Crippen LogP contribution in [0, 0.1) is 0 Å². The highest BCUT2D eigenvalue weighted by atomic mass is 16.5. The Bertz CT molecular complexity index is 777. The monoisotopic (exact) mass is 340 g/mol. The van der Waals surface area contributed by atoms with Crippen molar-refractivity contribution in [2.24, 2.45) is 0 Å². The Hall–Kier alpha value is -2.56. The average Bonchev–Trinajstić information content (AvgIpc) is 3.38. The number of anilines is 1. The van der Waals surface area contributed by atoms with Gasteiger partial charge in [-0.15, -0.1) is 0 Å². The van der Waals surface area contributed by atoms with Gasteiger partial charge in [-0.05, 0) is 42.0 Å². The number of rotatable bonds is 5. The molecular formula is C20H24N2O3. The van der Waals surface area contributed by atoms with E-state index in [-0.39, 0.29) is 11.3 Å². The van der Waals surface area contributed by atoms with Crippen molar-refractivity contribution in [1.82, 2.24) is 4.98 Å². The summed E-state index contributed by atoms with van der Waals surface area (Å²) in [4.78, 5) is 16.9. The molecule has 0 saturated heterocycles. The van der Waals surface area contributed by atoms with Crippen LogP contribution < -0.4 is 14.8 Å². The molecule has 0 unspecified atom stereocenters. The first kappa shape index (κ1) is 17.3. The summed E-state index contributed by atoms with van der Waals surface area (Å²) in [6.07, 6.45) is 5.93. The van der Waals surface area contributed by atoms with Gasteiger partial charge in [0.25, 0.3) is 5.91 Å². The maximum Gasteiger partial charge on any atom is 0.259 e. The average molecular weight is 340 g/mol. The molecule has 0 spiro atoms. The van der Waals surface area contributed by atoms with Crippen LogP contribution in [0.3, 0.4) is 0 Å². The summed E-state index contributed by atoms with van der Waals surface area (Å²) in [5, 5.41) is 2.90. The Kier molecular flexibility index (Phi) is 4.66. The number of nitrogens with zero attached hydrogens (tertiary/aromatic N) is 1. The van der Waals surface area contributed by atoms with E-state index < -0.39 is 0 Å². The first-order chi connectivity index (χ1) is 11.9. The molecule has 25 heavy (non-hydrogen) atoms. The lowest BCUT2D eigenvalue weighted by atomic mass is 9.88. The maximum atomic E-state index is 12.6. The number of ether oxygens (including phenoxy) is 2. The zero-order valence-electron chi connectivity index (χ0n) is 15.1. The predicted molar refractivity (Wildman–Crippen MR) is 97.5 cm³/mol. The van der Waals surface area contributed by atoms with Crippen molar-refractivity contribution in [3.63, 3.8) is 0 Å². The molecule has 2 aromatic rings. The van der Waals surface area contributed by atoms with E-state index in [1.807, 2.05) is 12.3 Å². The van der Waals surface area contributed by atoms with Gasteiger partial charge in [0, 0.05) is 12.3 Å². The number of methoxy groups -OCH3 is 1. The largest absolute Gasteiger partial charge is 0.496 e. The van der Waals surface area contributed by atoms with Gasteiger partial charge in [0.15, 0.2) is 0 Å². The number of carbonyl (C=O) groups is 1. The molecule has 1 aliphatic carbocycles. The fraction of sp³-hybridized carbons (Fsp3) is 0.400. The molecule has 0 bridgehead atoms. The van der Waals surface area contributed by atoms with Gasteiger partial charge in [0.2, 0.25) is 0 Å². The smallest absolute Gasteiger partial charge is 0.259 e. The summed E-state index contributed by atoms with van der Waals surface area (Å²) in [6, 6.07) is 7.24. The molecule has 0 aliphatic heterocycles. The molecular weight excluding hydrogens is 316 g/mol. The number of nitrogens with one attached hydrogen (secondary N) is 1. The highest BCUT2D eigenvalue weighted by molar-refractivity contribution is 6.06. The molecule has 1 aromatic carbocycles. The van der Waals surface area contributed by atoms with Crippen molar-refractivity contribution < 1.29 is 14.3 Å². The summed E-state index contributed by atoms with van der Waals surface area (Å²) < 4.78 is 11.1.